The molecule has 1 N–H and O–H groups in total. The van der Waals surface area contributed by atoms with Crippen molar-refractivity contribution in [1.82, 2.24) is 10.2 Å². The van der Waals surface area contributed by atoms with E-state index in [0.29, 0.717) is 33.2 Å². The molecule has 0 aliphatic heterocycles. The van der Waals surface area contributed by atoms with E-state index in [9.17, 15) is 18.0 Å². The average Bonchev–Trinajstić information content (AvgIpc) is 2.97. The molecule has 0 fully saturated rings. The van der Waals surface area contributed by atoms with Crippen molar-refractivity contribution in [3.63, 3.8) is 0 Å². The van der Waals surface area contributed by atoms with Gasteiger partial charge >= 0.3 is 0 Å². The van der Waals surface area contributed by atoms with Crippen molar-refractivity contribution in [3.8, 4) is 0 Å². The van der Waals surface area contributed by atoms with E-state index in [-0.39, 0.29) is 24.8 Å². The van der Waals surface area contributed by atoms with Gasteiger partial charge in [-0.2, -0.15) is 0 Å². The van der Waals surface area contributed by atoms with Crippen molar-refractivity contribution >= 4 is 61.5 Å². The lowest BCUT2D eigenvalue weighted by atomic mass is 10.0. The molecular weight excluding hydrogens is 605 g/mol. The second-order valence-electron chi connectivity index (χ2n) is 10.9. The number of fused-ring (bicyclic) bond motifs is 1. The first-order valence-corrected chi connectivity index (χ1v) is 16.5. The van der Waals surface area contributed by atoms with Crippen molar-refractivity contribution in [2.24, 2.45) is 5.92 Å². The smallest absolute Gasteiger partial charge is 0.244 e. The molecule has 226 valence electrons. The first-order valence-electron chi connectivity index (χ1n) is 13.9. The monoisotopic (exact) mass is 639 g/mol. The first-order chi connectivity index (χ1) is 20.4. The molecular formula is C33H35Cl2N3O4S. The van der Waals surface area contributed by atoms with E-state index in [2.05, 4.69) is 5.32 Å². The SMILES string of the molecule is CC(C)CNC(=O)[C@H](Cc1ccccc1)N(Cc1ccc(Cl)c(Cl)c1)C(=O)CN(c1cccc2ccccc12)S(C)(=O)=O. The van der Waals surface area contributed by atoms with E-state index >= 15 is 0 Å². The third-order valence-corrected chi connectivity index (χ3v) is 8.87. The highest BCUT2D eigenvalue weighted by Crippen LogP contribution is 2.29. The third-order valence-electron chi connectivity index (χ3n) is 7.01. The Bertz CT molecular complexity index is 1690. The van der Waals surface area contributed by atoms with Gasteiger partial charge in [-0.05, 0) is 40.6 Å². The molecule has 4 rings (SSSR count). The van der Waals surface area contributed by atoms with Gasteiger partial charge in [0, 0.05) is 24.9 Å². The number of anilines is 1. The molecule has 0 aromatic heterocycles. The summed E-state index contributed by atoms with van der Waals surface area (Å²) in [4.78, 5) is 29.5. The Balaban J connectivity index is 1.79. The van der Waals surface area contributed by atoms with Crippen LogP contribution in [0.1, 0.15) is 25.0 Å². The van der Waals surface area contributed by atoms with Gasteiger partial charge in [0.25, 0.3) is 0 Å². The highest BCUT2D eigenvalue weighted by atomic mass is 35.5. The van der Waals surface area contributed by atoms with Crippen LogP contribution in [0.3, 0.4) is 0 Å². The maximum absolute atomic E-state index is 14.3. The van der Waals surface area contributed by atoms with Crippen molar-refractivity contribution in [3.05, 3.63) is 112 Å². The van der Waals surface area contributed by atoms with Crippen LogP contribution in [-0.4, -0.2) is 50.5 Å². The summed E-state index contributed by atoms with van der Waals surface area (Å²) in [5, 5.41) is 5.17. The Morgan fingerprint density at radius 3 is 2.19 bits per heavy atom. The number of rotatable bonds is 12. The quantitative estimate of drug-likeness (QED) is 0.196. The van der Waals surface area contributed by atoms with Gasteiger partial charge in [-0.25, -0.2) is 8.42 Å². The molecule has 0 unspecified atom stereocenters. The summed E-state index contributed by atoms with van der Waals surface area (Å²) in [7, 11) is -3.90. The van der Waals surface area contributed by atoms with Gasteiger partial charge < -0.3 is 10.2 Å². The van der Waals surface area contributed by atoms with Crippen LogP contribution in [0.2, 0.25) is 10.0 Å². The van der Waals surface area contributed by atoms with Gasteiger partial charge in [-0.15, -0.1) is 0 Å². The van der Waals surface area contributed by atoms with Crippen LogP contribution in [0, 0.1) is 5.92 Å². The second kappa shape index (κ2) is 14.3. The van der Waals surface area contributed by atoms with E-state index in [1.165, 1.54) is 4.90 Å². The number of carbonyl (C=O) groups is 2. The van der Waals surface area contributed by atoms with Crippen LogP contribution in [0.5, 0.6) is 0 Å². The predicted molar refractivity (Wildman–Crippen MR) is 175 cm³/mol. The van der Waals surface area contributed by atoms with Gasteiger partial charge in [-0.1, -0.05) is 110 Å². The number of benzene rings is 4. The Morgan fingerprint density at radius 1 is 0.837 bits per heavy atom. The van der Waals surface area contributed by atoms with Crippen LogP contribution >= 0.6 is 23.2 Å². The fourth-order valence-electron chi connectivity index (χ4n) is 4.83. The minimum Gasteiger partial charge on any atom is -0.354 e. The van der Waals surface area contributed by atoms with E-state index < -0.39 is 28.5 Å². The number of hydrogen-bond donors (Lipinski definition) is 1. The highest BCUT2D eigenvalue weighted by molar-refractivity contribution is 7.92. The van der Waals surface area contributed by atoms with Gasteiger partial charge in [0.15, 0.2) is 0 Å². The van der Waals surface area contributed by atoms with Gasteiger partial charge in [0.1, 0.15) is 12.6 Å². The van der Waals surface area contributed by atoms with E-state index in [0.717, 1.165) is 21.5 Å². The van der Waals surface area contributed by atoms with Gasteiger partial charge in [0.2, 0.25) is 21.8 Å². The summed E-state index contributed by atoms with van der Waals surface area (Å²) in [6.07, 6.45) is 1.30. The van der Waals surface area contributed by atoms with Gasteiger partial charge in [0.05, 0.1) is 22.0 Å². The zero-order valence-corrected chi connectivity index (χ0v) is 26.7. The summed E-state index contributed by atoms with van der Waals surface area (Å²) >= 11 is 12.5. The Kier molecular flexibility index (Phi) is 10.7. The molecule has 0 radical (unpaired) electrons. The maximum Gasteiger partial charge on any atom is 0.244 e. The predicted octanol–water partition coefficient (Wildman–Crippen LogP) is 6.32. The van der Waals surface area contributed by atoms with Crippen LogP contribution in [0.4, 0.5) is 5.69 Å². The molecule has 0 aliphatic carbocycles. The van der Waals surface area contributed by atoms with Crippen LogP contribution in [0.15, 0.2) is 91.0 Å². The molecule has 7 nitrogen and oxygen atoms in total. The Morgan fingerprint density at radius 2 is 1.51 bits per heavy atom. The fraction of sp³-hybridized carbons (Fsp3) is 0.273. The Hall–Kier alpha value is -3.59. The third kappa shape index (κ3) is 8.50. The summed E-state index contributed by atoms with van der Waals surface area (Å²) < 4.78 is 27.5. The molecule has 43 heavy (non-hydrogen) atoms. The number of nitrogens with one attached hydrogen (secondary N) is 1. The van der Waals surface area contributed by atoms with Crippen molar-refractivity contribution in [2.45, 2.75) is 32.9 Å². The largest absolute Gasteiger partial charge is 0.354 e. The molecule has 0 bridgehead atoms. The number of carbonyl (C=O) groups excluding carboxylic acids is 2. The summed E-state index contributed by atoms with van der Waals surface area (Å²) in [5.74, 6) is -0.681. The van der Waals surface area contributed by atoms with Crippen LogP contribution in [0.25, 0.3) is 10.8 Å². The van der Waals surface area contributed by atoms with Gasteiger partial charge in [-0.3, -0.25) is 13.9 Å². The molecule has 0 heterocycles. The minimum atomic E-state index is -3.90. The number of sulfonamides is 1. The number of nitrogens with zero attached hydrogens (tertiary/aromatic N) is 2. The number of amides is 2. The topological polar surface area (TPSA) is 86.8 Å². The second-order valence-corrected chi connectivity index (χ2v) is 13.6. The molecule has 0 spiro atoms. The molecule has 0 saturated heterocycles. The van der Waals surface area contributed by atoms with Crippen molar-refractivity contribution in [2.75, 3.05) is 23.7 Å². The lowest BCUT2D eigenvalue weighted by Gasteiger charge is -2.34. The molecule has 2 amide bonds. The van der Waals surface area contributed by atoms with E-state index in [4.69, 9.17) is 23.2 Å². The number of hydrogen-bond acceptors (Lipinski definition) is 4. The summed E-state index contributed by atoms with van der Waals surface area (Å²) in [6.45, 7) is 3.90. The fourth-order valence-corrected chi connectivity index (χ4v) is 6.01. The average molecular weight is 641 g/mol. The first kappa shape index (κ1) is 32.3. The lowest BCUT2D eigenvalue weighted by Crippen LogP contribution is -2.53. The Labute approximate surface area is 263 Å². The molecule has 10 heteroatoms. The molecule has 1 atom stereocenters. The minimum absolute atomic E-state index is 0.00939. The number of halogens is 2. The lowest BCUT2D eigenvalue weighted by molar-refractivity contribution is -0.140. The zero-order valence-electron chi connectivity index (χ0n) is 24.3. The van der Waals surface area contributed by atoms with E-state index in [1.54, 1.807) is 30.3 Å². The highest BCUT2D eigenvalue weighted by Gasteiger charge is 2.33. The standard InChI is InChI=1S/C33H35Cl2N3O4S/c1-23(2)20-36-33(40)31(19-24-10-5-4-6-11-24)37(21-25-16-17-28(34)29(35)18-25)32(39)22-38(43(3,41)42)30-15-9-13-26-12-7-8-14-27(26)30/h4-18,23,31H,19-22H2,1-3H3,(H,36,40)/t31-/m0/s1. The zero-order chi connectivity index (χ0) is 31.1. The molecule has 4 aromatic rings. The van der Waals surface area contributed by atoms with Crippen molar-refractivity contribution < 1.29 is 18.0 Å². The maximum atomic E-state index is 14.3. The van der Waals surface area contributed by atoms with Crippen LogP contribution < -0.4 is 9.62 Å². The normalized spacial score (nSPS) is 12.2. The molecule has 0 aliphatic rings. The summed E-state index contributed by atoms with van der Waals surface area (Å²) in [6, 6.07) is 26.2. The van der Waals surface area contributed by atoms with Crippen LogP contribution in [-0.2, 0) is 32.6 Å². The van der Waals surface area contributed by atoms with E-state index in [1.807, 2.05) is 74.5 Å². The summed E-state index contributed by atoms with van der Waals surface area (Å²) in [5.41, 5.74) is 1.88. The van der Waals surface area contributed by atoms with Crippen molar-refractivity contribution in [1.29, 1.82) is 0 Å². The molecule has 4 aromatic carbocycles. The molecule has 0 saturated carbocycles.